The monoisotopic (exact) mass is 440 g/mol. The molecule has 164 valence electrons. The molecule has 0 unspecified atom stereocenters. The molecule has 1 heterocycles. The molecule has 0 aliphatic carbocycles. The molecule has 2 amide bonds. The van der Waals surface area contributed by atoms with E-state index in [4.69, 9.17) is 16.3 Å². The Morgan fingerprint density at radius 2 is 1.68 bits per heavy atom. The molecule has 0 atom stereocenters. The van der Waals surface area contributed by atoms with Gasteiger partial charge < -0.3 is 10.1 Å². The van der Waals surface area contributed by atoms with Gasteiger partial charge in [0.05, 0.1) is 5.57 Å². The van der Waals surface area contributed by atoms with Gasteiger partial charge in [0, 0.05) is 30.5 Å². The van der Waals surface area contributed by atoms with E-state index in [1.807, 2.05) is 50.2 Å². The van der Waals surface area contributed by atoms with Crippen molar-refractivity contribution in [3.05, 3.63) is 69.9 Å². The van der Waals surface area contributed by atoms with E-state index in [2.05, 4.69) is 12.2 Å². The number of imide groups is 1. The van der Waals surface area contributed by atoms with Gasteiger partial charge in [0.2, 0.25) is 0 Å². The topological polar surface area (TPSA) is 58.6 Å². The van der Waals surface area contributed by atoms with Gasteiger partial charge in [0.15, 0.2) is 0 Å². The van der Waals surface area contributed by atoms with Gasteiger partial charge in [-0.25, -0.2) is 0 Å². The van der Waals surface area contributed by atoms with Crippen molar-refractivity contribution in [3.63, 3.8) is 0 Å². The van der Waals surface area contributed by atoms with Crippen molar-refractivity contribution in [1.29, 1.82) is 0 Å². The Kier molecular flexibility index (Phi) is 7.88. The number of unbranched alkanes of at least 4 members (excludes halogenated alkanes) is 1. The average Bonchev–Trinajstić information content (AvgIpc) is 2.97. The molecular weight excluding hydrogens is 412 g/mol. The molecule has 0 fully saturated rings. The molecule has 0 saturated carbocycles. The molecule has 2 aromatic carbocycles. The van der Waals surface area contributed by atoms with Crippen molar-refractivity contribution in [2.24, 2.45) is 0 Å². The number of ether oxygens (including phenoxy) is 1. The Morgan fingerprint density at radius 3 is 2.35 bits per heavy atom. The van der Waals surface area contributed by atoms with Gasteiger partial charge in [-0.15, -0.1) is 0 Å². The molecule has 5 nitrogen and oxygen atoms in total. The van der Waals surface area contributed by atoms with Crippen LogP contribution in [0.25, 0.3) is 5.57 Å². The maximum Gasteiger partial charge on any atom is 0.278 e. The van der Waals surface area contributed by atoms with Crippen molar-refractivity contribution in [1.82, 2.24) is 4.90 Å². The molecule has 31 heavy (non-hydrogen) atoms. The van der Waals surface area contributed by atoms with Gasteiger partial charge >= 0.3 is 0 Å². The summed E-state index contributed by atoms with van der Waals surface area (Å²) in [5, 5.41) is 3.83. The lowest BCUT2D eigenvalue weighted by Crippen LogP contribution is -2.34. The number of carbonyl (C=O) groups excluding carboxylic acids is 2. The molecule has 0 radical (unpaired) electrons. The molecule has 6 heteroatoms. The fourth-order valence-corrected chi connectivity index (χ4v) is 3.68. The lowest BCUT2D eigenvalue weighted by molar-refractivity contribution is -0.137. The second kappa shape index (κ2) is 10.6. The number of nitrogens with one attached hydrogen (secondary N) is 1. The van der Waals surface area contributed by atoms with E-state index in [1.54, 1.807) is 6.07 Å². The molecule has 3 rings (SSSR count). The summed E-state index contributed by atoms with van der Waals surface area (Å²) in [6.07, 6.45) is 2.69. The van der Waals surface area contributed by atoms with Crippen LogP contribution in [-0.2, 0) is 14.3 Å². The second-order valence-electron chi connectivity index (χ2n) is 7.78. The number of aryl methyl sites for hydroxylation is 2. The summed E-state index contributed by atoms with van der Waals surface area (Å²) in [6, 6.07) is 13.0. The predicted octanol–water partition coefficient (Wildman–Crippen LogP) is 5.36. The third-order valence-corrected chi connectivity index (χ3v) is 5.50. The minimum absolute atomic E-state index is 0.281. The maximum absolute atomic E-state index is 13.3. The predicted molar refractivity (Wildman–Crippen MR) is 125 cm³/mol. The molecule has 1 aliphatic heterocycles. The van der Waals surface area contributed by atoms with Crippen LogP contribution < -0.4 is 5.32 Å². The van der Waals surface area contributed by atoms with Crippen LogP contribution in [-0.4, -0.2) is 36.5 Å². The SMILES string of the molecule is CCCCOCCCN1C(=O)C(Nc2ccc(Cl)cc2C)=C(c2ccc(C)cc2)C1=O. The number of amides is 2. The zero-order chi connectivity index (χ0) is 22.4. The fraction of sp³-hybridized carbons (Fsp3) is 0.360. The molecule has 0 spiro atoms. The molecule has 1 N–H and O–H groups in total. The van der Waals surface area contributed by atoms with Crippen molar-refractivity contribution < 1.29 is 14.3 Å². The van der Waals surface area contributed by atoms with E-state index < -0.39 is 0 Å². The maximum atomic E-state index is 13.3. The van der Waals surface area contributed by atoms with Gasteiger partial charge in [-0.3, -0.25) is 14.5 Å². The first kappa shape index (κ1) is 23.0. The van der Waals surface area contributed by atoms with Gasteiger partial charge in [0.1, 0.15) is 5.70 Å². The largest absolute Gasteiger partial charge is 0.381 e. The van der Waals surface area contributed by atoms with Crippen LogP contribution >= 0.6 is 11.6 Å². The van der Waals surface area contributed by atoms with Crippen molar-refractivity contribution in [2.75, 3.05) is 25.1 Å². The van der Waals surface area contributed by atoms with Crippen LogP contribution in [0.15, 0.2) is 48.2 Å². The first-order valence-corrected chi connectivity index (χ1v) is 11.1. The van der Waals surface area contributed by atoms with Crippen molar-refractivity contribution >= 4 is 34.7 Å². The highest BCUT2D eigenvalue weighted by atomic mass is 35.5. The number of carbonyl (C=O) groups is 2. The quantitative estimate of drug-likeness (QED) is 0.399. The standard InChI is InChI=1S/C25H29ClN2O3/c1-4-5-14-31-15-6-13-28-24(29)22(19-9-7-17(2)8-10-19)23(25(28)30)27-21-12-11-20(26)16-18(21)3/h7-12,16,27H,4-6,13-15H2,1-3H3. The summed E-state index contributed by atoms with van der Waals surface area (Å²) in [7, 11) is 0. The minimum Gasteiger partial charge on any atom is -0.381 e. The van der Waals surface area contributed by atoms with Gasteiger partial charge in [0.25, 0.3) is 11.8 Å². The smallest absolute Gasteiger partial charge is 0.278 e. The number of halogens is 1. The summed E-state index contributed by atoms with van der Waals surface area (Å²) in [4.78, 5) is 27.8. The van der Waals surface area contributed by atoms with Crippen LogP contribution in [0.4, 0.5) is 5.69 Å². The zero-order valence-electron chi connectivity index (χ0n) is 18.3. The lowest BCUT2D eigenvalue weighted by atomic mass is 10.0. The van der Waals surface area contributed by atoms with Gasteiger partial charge in [-0.05, 0) is 56.0 Å². The molecule has 2 aromatic rings. The van der Waals surface area contributed by atoms with E-state index in [1.165, 1.54) is 4.90 Å². The van der Waals surface area contributed by atoms with Crippen LogP contribution in [0.3, 0.4) is 0 Å². The first-order valence-electron chi connectivity index (χ1n) is 10.7. The highest BCUT2D eigenvalue weighted by molar-refractivity contribution is 6.36. The van der Waals surface area contributed by atoms with Crippen LogP contribution in [0.1, 0.15) is 42.9 Å². The number of hydrogen-bond acceptors (Lipinski definition) is 4. The molecule has 0 aromatic heterocycles. The fourth-order valence-electron chi connectivity index (χ4n) is 3.46. The van der Waals surface area contributed by atoms with E-state index >= 15 is 0 Å². The normalized spacial score (nSPS) is 14.0. The lowest BCUT2D eigenvalue weighted by Gasteiger charge is -2.15. The Balaban J connectivity index is 1.85. The third-order valence-electron chi connectivity index (χ3n) is 5.27. The second-order valence-corrected chi connectivity index (χ2v) is 8.22. The summed E-state index contributed by atoms with van der Waals surface area (Å²) >= 11 is 6.07. The van der Waals surface area contributed by atoms with E-state index in [0.29, 0.717) is 42.5 Å². The van der Waals surface area contributed by atoms with Crippen molar-refractivity contribution in [2.45, 2.75) is 40.0 Å². The zero-order valence-corrected chi connectivity index (χ0v) is 19.1. The summed E-state index contributed by atoms with van der Waals surface area (Å²) in [6.45, 7) is 7.56. The number of rotatable bonds is 10. The minimum atomic E-state index is -0.316. The molecule has 0 bridgehead atoms. The van der Waals surface area contributed by atoms with E-state index in [0.717, 1.165) is 35.2 Å². The highest BCUT2D eigenvalue weighted by Gasteiger charge is 2.38. The molecule has 0 saturated heterocycles. The highest BCUT2D eigenvalue weighted by Crippen LogP contribution is 2.32. The molecular formula is C25H29ClN2O3. The van der Waals surface area contributed by atoms with Crippen molar-refractivity contribution in [3.8, 4) is 0 Å². The third kappa shape index (κ3) is 5.54. The van der Waals surface area contributed by atoms with Crippen LogP contribution in [0.5, 0.6) is 0 Å². The number of anilines is 1. The van der Waals surface area contributed by atoms with Crippen LogP contribution in [0.2, 0.25) is 5.02 Å². The number of nitrogens with zero attached hydrogens (tertiary/aromatic N) is 1. The molecule has 1 aliphatic rings. The van der Waals surface area contributed by atoms with Crippen LogP contribution in [0, 0.1) is 13.8 Å². The number of hydrogen-bond donors (Lipinski definition) is 1. The number of benzene rings is 2. The van der Waals surface area contributed by atoms with E-state index in [9.17, 15) is 9.59 Å². The van der Waals surface area contributed by atoms with Gasteiger partial charge in [-0.2, -0.15) is 0 Å². The Morgan fingerprint density at radius 1 is 0.968 bits per heavy atom. The Bertz CT molecular complexity index is 983. The Labute approximate surface area is 189 Å². The summed E-state index contributed by atoms with van der Waals surface area (Å²) < 4.78 is 5.59. The first-order chi connectivity index (χ1) is 14.9. The average molecular weight is 441 g/mol. The van der Waals surface area contributed by atoms with Gasteiger partial charge in [-0.1, -0.05) is 54.8 Å². The Hall–Kier alpha value is -2.63. The summed E-state index contributed by atoms with van der Waals surface area (Å²) in [5.74, 6) is -0.597. The van der Waals surface area contributed by atoms with E-state index in [-0.39, 0.29) is 11.8 Å². The summed E-state index contributed by atoms with van der Waals surface area (Å²) in [5.41, 5.74) is 4.14.